The van der Waals surface area contributed by atoms with Crippen LogP contribution in [0.15, 0.2) is 22.2 Å². The van der Waals surface area contributed by atoms with E-state index in [0.717, 1.165) is 12.1 Å². The van der Waals surface area contributed by atoms with E-state index in [0.29, 0.717) is 11.1 Å². The molecule has 1 aromatic rings. The van der Waals surface area contributed by atoms with Crippen molar-refractivity contribution in [3.63, 3.8) is 0 Å². The summed E-state index contributed by atoms with van der Waals surface area (Å²) in [6, 6.07) is 1.77. The zero-order chi connectivity index (χ0) is 15.5. The third-order valence-electron chi connectivity index (χ3n) is 2.69. The zero-order valence-corrected chi connectivity index (χ0v) is 12.3. The van der Waals surface area contributed by atoms with Crippen LogP contribution in [-0.4, -0.2) is 25.5 Å². The highest BCUT2D eigenvalue weighted by Crippen LogP contribution is 2.21. The monoisotopic (exact) mass is 303 g/mol. The van der Waals surface area contributed by atoms with Crippen molar-refractivity contribution in [3.05, 3.63) is 29.1 Å². The van der Waals surface area contributed by atoms with Crippen LogP contribution in [-0.2, 0) is 10.0 Å². The lowest BCUT2D eigenvalue weighted by atomic mass is 10.1. The molecule has 1 atom stereocenters. The lowest BCUT2D eigenvalue weighted by Crippen LogP contribution is -2.36. The number of oxime groups is 1. The molecule has 0 heterocycles. The Hall–Kier alpha value is -1.67. The Morgan fingerprint density at radius 1 is 1.45 bits per heavy atom. The summed E-state index contributed by atoms with van der Waals surface area (Å²) in [5.74, 6) is -0.559. The normalized spacial score (nSPS) is 14.3. The molecule has 0 saturated carbocycles. The number of hydrogen-bond acceptors (Lipinski definition) is 4. The largest absolute Gasteiger partial charge is 0.409 e. The van der Waals surface area contributed by atoms with E-state index in [-0.39, 0.29) is 17.2 Å². The van der Waals surface area contributed by atoms with Gasteiger partial charge < -0.3 is 10.9 Å². The van der Waals surface area contributed by atoms with Crippen LogP contribution in [0.3, 0.4) is 0 Å². The summed E-state index contributed by atoms with van der Waals surface area (Å²) in [4.78, 5) is 0.0465. The van der Waals surface area contributed by atoms with Crippen LogP contribution in [0, 0.1) is 19.7 Å². The molecule has 20 heavy (non-hydrogen) atoms. The van der Waals surface area contributed by atoms with Crippen molar-refractivity contribution in [1.29, 1.82) is 0 Å². The average molecular weight is 303 g/mol. The molecule has 1 rings (SSSR count). The Morgan fingerprint density at radius 2 is 1.95 bits per heavy atom. The summed E-state index contributed by atoms with van der Waals surface area (Å²) in [6.07, 6.45) is 0.0645. The van der Waals surface area contributed by atoms with E-state index < -0.39 is 21.9 Å². The Morgan fingerprint density at radius 3 is 2.40 bits per heavy atom. The van der Waals surface area contributed by atoms with Crippen molar-refractivity contribution in [2.75, 3.05) is 0 Å². The highest BCUT2D eigenvalue weighted by atomic mass is 32.2. The molecule has 0 aliphatic heterocycles. The van der Waals surface area contributed by atoms with Crippen LogP contribution in [0.1, 0.15) is 24.5 Å². The number of nitrogens with one attached hydrogen (secondary N) is 1. The maximum Gasteiger partial charge on any atom is 0.241 e. The fourth-order valence-corrected chi connectivity index (χ4v) is 3.74. The molecule has 1 unspecified atom stereocenters. The molecule has 0 fully saturated rings. The van der Waals surface area contributed by atoms with Crippen molar-refractivity contribution in [2.24, 2.45) is 10.9 Å². The number of nitrogens with two attached hydrogens (primary N) is 1. The van der Waals surface area contributed by atoms with Gasteiger partial charge in [-0.15, -0.1) is 0 Å². The molecule has 0 amide bonds. The van der Waals surface area contributed by atoms with Crippen molar-refractivity contribution in [3.8, 4) is 0 Å². The van der Waals surface area contributed by atoms with Crippen molar-refractivity contribution in [2.45, 2.75) is 38.1 Å². The molecule has 0 radical (unpaired) electrons. The van der Waals surface area contributed by atoms with E-state index in [2.05, 4.69) is 9.88 Å². The number of nitrogens with zero attached hydrogens (tertiary/aromatic N) is 1. The number of sulfonamides is 1. The first kappa shape index (κ1) is 16.4. The van der Waals surface area contributed by atoms with Gasteiger partial charge in [-0.1, -0.05) is 5.16 Å². The fraction of sp³-hybridized carbons (Fsp3) is 0.417. The number of amidine groups is 1. The molecular formula is C12H18FN3O3S. The predicted octanol–water partition coefficient (Wildman–Crippen LogP) is 1.25. The Balaban J connectivity index is 3.07. The van der Waals surface area contributed by atoms with Crippen molar-refractivity contribution in [1.82, 2.24) is 4.72 Å². The van der Waals surface area contributed by atoms with E-state index in [1.807, 2.05) is 0 Å². The molecule has 0 aliphatic carbocycles. The maximum atomic E-state index is 13.2. The number of halogens is 1. The van der Waals surface area contributed by atoms with Gasteiger partial charge in [0.15, 0.2) is 0 Å². The molecule has 6 nitrogen and oxygen atoms in total. The summed E-state index contributed by atoms with van der Waals surface area (Å²) < 4.78 is 40.2. The highest BCUT2D eigenvalue weighted by Gasteiger charge is 2.22. The summed E-state index contributed by atoms with van der Waals surface area (Å²) >= 11 is 0. The number of benzene rings is 1. The summed E-state index contributed by atoms with van der Waals surface area (Å²) in [5.41, 5.74) is 5.98. The van der Waals surface area contributed by atoms with Gasteiger partial charge in [-0.25, -0.2) is 17.5 Å². The third-order valence-corrected chi connectivity index (χ3v) is 4.59. The Bertz CT molecular complexity index is 606. The first-order valence-corrected chi connectivity index (χ1v) is 7.41. The second-order valence-corrected chi connectivity index (χ2v) is 6.34. The van der Waals surface area contributed by atoms with E-state index in [9.17, 15) is 12.8 Å². The molecule has 0 spiro atoms. The van der Waals surface area contributed by atoms with E-state index in [4.69, 9.17) is 10.9 Å². The van der Waals surface area contributed by atoms with Gasteiger partial charge in [0.25, 0.3) is 0 Å². The molecule has 4 N–H and O–H groups in total. The molecule has 8 heteroatoms. The minimum Gasteiger partial charge on any atom is -0.409 e. The van der Waals surface area contributed by atoms with Crippen LogP contribution in [0.2, 0.25) is 0 Å². The van der Waals surface area contributed by atoms with Gasteiger partial charge >= 0.3 is 0 Å². The second kappa shape index (κ2) is 6.19. The minimum absolute atomic E-state index is 0.0465. The van der Waals surface area contributed by atoms with Gasteiger partial charge in [0, 0.05) is 12.5 Å². The molecule has 112 valence electrons. The van der Waals surface area contributed by atoms with Crippen LogP contribution in [0.5, 0.6) is 0 Å². The van der Waals surface area contributed by atoms with Gasteiger partial charge in [0.2, 0.25) is 10.0 Å². The fourth-order valence-electron chi connectivity index (χ4n) is 2.04. The molecule has 1 aromatic carbocycles. The standard InChI is InChI=1S/C12H18FN3O3S/c1-7-4-10(13)5-8(2)12(7)20(18,19)16-9(3)6-11(14)15-17/h4-5,9,16-17H,6H2,1-3H3,(H2,14,15). The van der Waals surface area contributed by atoms with Crippen LogP contribution in [0.4, 0.5) is 4.39 Å². The molecule has 0 aromatic heterocycles. The van der Waals surface area contributed by atoms with Crippen LogP contribution >= 0.6 is 0 Å². The van der Waals surface area contributed by atoms with Gasteiger partial charge in [0.1, 0.15) is 11.7 Å². The SMILES string of the molecule is Cc1cc(F)cc(C)c1S(=O)(=O)NC(C)CC(N)=NO. The number of hydrogen-bond donors (Lipinski definition) is 3. The number of rotatable bonds is 5. The first-order valence-electron chi connectivity index (χ1n) is 5.93. The molecule has 0 aliphatic rings. The minimum atomic E-state index is -3.80. The van der Waals surface area contributed by atoms with Gasteiger partial charge in [-0.3, -0.25) is 0 Å². The zero-order valence-electron chi connectivity index (χ0n) is 11.5. The molecular weight excluding hydrogens is 285 g/mol. The summed E-state index contributed by atoms with van der Waals surface area (Å²) in [5, 5.41) is 11.2. The van der Waals surface area contributed by atoms with Gasteiger partial charge in [-0.05, 0) is 44.0 Å². The Labute approximate surface area is 117 Å². The van der Waals surface area contributed by atoms with E-state index in [1.54, 1.807) is 6.92 Å². The van der Waals surface area contributed by atoms with E-state index in [1.165, 1.54) is 13.8 Å². The molecule has 0 bridgehead atoms. The smallest absolute Gasteiger partial charge is 0.241 e. The maximum absolute atomic E-state index is 13.2. The summed E-state index contributed by atoms with van der Waals surface area (Å²) in [7, 11) is -3.80. The first-order chi connectivity index (χ1) is 9.17. The predicted molar refractivity (Wildman–Crippen MR) is 73.7 cm³/mol. The second-order valence-electron chi connectivity index (χ2n) is 4.69. The van der Waals surface area contributed by atoms with Crippen LogP contribution in [0.25, 0.3) is 0 Å². The van der Waals surface area contributed by atoms with Crippen LogP contribution < -0.4 is 10.5 Å². The highest BCUT2D eigenvalue weighted by molar-refractivity contribution is 7.89. The topological polar surface area (TPSA) is 105 Å². The van der Waals surface area contributed by atoms with E-state index >= 15 is 0 Å². The quantitative estimate of drug-likeness (QED) is 0.329. The van der Waals surface area contributed by atoms with Crippen molar-refractivity contribution >= 4 is 15.9 Å². The van der Waals surface area contributed by atoms with Crippen molar-refractivity contribution < 1.29 is 18.0 Å². The lowest BCUT2D eigenvalue weighted by molar-refractivity contribution is 0.316. The van der Waals surface area contributed by atoms with Gasteiger partial charge in [-0.2, -0.15) is 0 Å². The summed E-state index contributed by atoms with van der Waals surface area (Å²) in [6.45, 7) is 4.64. The Kier molecular flexibility index (Phi) is 5.07. The van der Waals surface area contributed by atoms with Gasteiger partial charge in [0.05, 0.1) is 4.90 Å². The average Bonchev–Trinajstić information content (AvgIpc) is 2.25. The number of aryl methyl sites for hydroxylation is 2. The lowest BCUT2D eigenvalue weighted by Gasteiger charge is -2.16. The third kappa shape index (κ3) is 3.91. The molecule has 0 saturated heterocycles.